The number of nitrogens with one attached hydrogen (secondary N) is 2. The number of aromatic amines is 1. The molecule has 0 fully saturated rings. The van der Waals surface area contributed by atoms with Gasteiger partial charge < -0.3 is 10.3 Å². The van der Waals surface area contributed by atoms with Gasteiger partial charge in [0.2, 0.25) is 0 Å². The average molecular weight is 407 g/mol. The molecule has 0 aliphatic carbocycles. The number of anilines is 1. The molecule has 6 nitrogen and oxygen atoms in total. The van der Waals surface area contributed by atoms with Crippen LogP contribution >= 0.6 is 0 Å². The Balaban J connectivity index is 1.48. The zero-order chi connectivity index (χ0) is 21.4. The topological polar surface area (TPSA) is 75.6 Å². The first kappa shape index (κ1) is 18.8. The van der Waals surface area contributed by atoms with Crippen LogP contribution in [0.2, 0.25) is 0 Å². The Morgan fingerprint density at radius 2 is 1.68 bits per heavy atom. The summed E-state index contributed by atoms with van der Waals surface area (Å²) >= 11 is 0. The lowest BCUT2D eigenvalue weighted by Gasteiger charge is -2.10. The number of H-pyrrole nitrogens is 1. The minimum absolute atomic E-state index is 0.208. The van der Waals surface area contributed by atoms with Crippen LogP contribution in [-0.4, -0.2) is 25.7 Å². The van der Waals surface area contributed by atoms with Crippen molar-refractivity contribution >= 4 is 22.6 Å². The zero-order valence-electron chi connectivity index (χ0n) is 17.3. The summed E-state index contributed by atoms with van der Waals surface area (Å²) in [7, 11) is 0. The maximum atomic E-state index is 13.1. The van der Waals surface area contributed by atoms with Crippen molar-refractivity contribution in [1.82, 2.24) is 19.7 Å². The summed E-state index contributed by atoms with van der Waals surface area (Å²) in [6, 6.07) is 23.5. The summed E-state index contributed by atoms with van der Waals surface area (Å²) in [5.74, 6) is 0.505. The molecule has 6 heteroatoms. The molecular formula is C25H21N5O. The molecule has 2 aromatic heterocycles. The van der Waals surface area contributed by atoms with Gasteiger partial charge in [0.05, 0.1) is 39.9 Å². The fraction of sp³-hybridized carbons (Fsp3) is 0.0800. The van der Waals surface area contributed by atoms with Crippen LogP contribution in [0.15, 0.2) is 79.0 Å². The number of rotatable bonds is 4. The Morgan fingerprint density at radius 1 is 0.935 bits per heavy atom. The highest BCUT2D eigenvalue weighted by molar-refractivity contribution is 6.06. The number of benzene rings is 3. The van der Waals surface area contributed by atoms with E-state index in [1.165, 1.54) is 0 Å². The molecule has 2 N–H and O–H groups in total. The molecule has 2 heterocycles. The summed E-state index contributed by atoms with van der Waals surface area (Å²) in [6.45, 7) is 3.93. The Bertz CT molecular complexity index is 1380. The lowest BCUT2D eigenvalue weighted by atomic mass is 10.1. The highest BCUT2D eigenvalue weighted by atomic mass is 16.1. The van der Waals surface area contributed by atoms with Gasteiger partial charge in [0.1, 0.15) is 5.82 Å². The van der Waals surface area contributed by atoms with Crippen LogP contribution < -0.4 is 5.32 Å². The highest BCUT2D eigenvalue weighted by Crippen LogP contribution is 2.28. The predicted octanol–water partition coefficient (Wildman–Crippen LogP) is 5.28. The van der Waals surface area contributed by atoms with E-state index in [1.54, 1.807) is 10.9 Å². The SMILES string of the molecule is Cc1ccccc1-n1ncc(C(=O)Nc2ccccc2-c2nc3ccccc3[nH]2)c1C. The van der Waals surface area contributed by atoms with Crippen LogP contribution in [0.4, 0.5) is 5.69 Å². The number of hydrogen-bond donors (Lipinski definition) is 2. The molecule has 1 amide bonds. The molecule has 31 heavy (non-hydrogen) atoms. The van der Waals surface area contributed by atoms with Gasteiger partial charge in [-0.3, -0.25) is 4.79 Å². The number of imidazole rings is 1. The Kier molecular flexibility index (Phi) is 4.59. The van der Waals surface area contributed by atoms with Crippen LogP contribution in [0, 0.1) is 13.8 Å². The van der Waals surface area contributed by atoms with E-state index >= 15 is 0 Å². The van der Waals surface area contributed by atoms with Gasteiger partial charge in [-0.25, -0.2) is 9.67 Å². The number of aromatic nitrogens is 4. The summed E-state index contributed by atoms with van der Waals surface area (Å²) in [6.07, 6.45) is 1.61. The van der Waals surface area contributed by atoms with Crippen molar-refractivity contribution < 1.29 is 4.79 Å². The van der Waals surface area contributed by atoms with Crippen molar-refractivity contribution in [3.63, 3.8) is 0 Å². The number of aryl methyl sites for hydroxylation is 1. The van der Waals surface area contributed by atoms with Crippen molar-refractivity contribution in [2.45, 2.75) is 13.8 Å². The lowest BCUT2D eigenvalue weighted by Crippen LogP contribution is -2.14. The van der Waals surface area contributed by atoms with Gasteiger partial charge in [-0.2, -0.15) is 5.10 Å². The number of carbonyl (C=O) groups excluding carboxylic acids is 1. The standard InChI is InChI=1S/C25H21N5O/c1-16-9-3-8-14-23(16)30-17(2)19(15-26-30)25(31)29-20-11-5-4-10-18(20)24-27-21-12-6-7-13-22(21)28-24/h3-15H,1-2H3,(H,27,28)(H,29,31). The van der Waals surface area contributed by atoms with Gasteiger partial charge in [-0.05, 0) is 49.7 Å². The maximum absolute atomic E-state index is 13.1. The quantitative estimate of drug-likeness (QED) is 0.425. The van der Waals surface area contributed by atoms with E-state index in [9.17, 15) is 4.79 Å². The molecule has 0 atom stereocenters. The smallest absolute Gasteiger partial charge is 0.259 e. The van der Waals surface area contributed by atoms with Gasteiger partial charge in [0.15, 0.2) is 0 Å². The first-order valence-corrected chi connectivity index (χ1v) is 10.1. The third-order valence-electron chi connectivity index (χ3n) is 5.42. The summed E-state index contributed by atoms with van der Waals surface area (Å²) in [5, 5.41) is 7.49. The summed E-state index contributed by atoms with van der Waals surface area (Å²) < 4.78 is 1.80. The second kappa shape index (κ2) is 7.57. The fourth-order valence-corrected chi connectivity index (χ4v) is 3.75. The molecule has 0 saturated heterocycles. The van der Waals surface area contributed by atoms with Crippen molar-refractivity contribution in [3.8, 4) is 17.1 Å². The average Bonchev–Trinajstić information content (AvgIpc) is 3.38. The third-order valence-corrected chi connectivity index (χ3v) is 5.42. The van der Waals surface area contributed by atoms with E-state index in [1.807, 2.05) is 86.6 Å². The van der Waals surface area contributed by atoms with E-state index < -0.39 is 0 Å². The second-order valence-corrected chi connectivity index (χ2v) is 7.44. The molecule has 0 aliphatic rings. The molecular weight excluding hydrogens is 386 g/mol. The summed E-state index contributed by atoms with van der Waals surface area (Å²) in [4.78, 5) is 21.1. The molecule has 0 radical (unpaired) electrons. The number of amides is 1. The van der Waals surface area contributed by atoms with Gasteiger partial charge in [0.25, 0.3) is 5.91 Å². The Morgan fingerprint density at radius 3 is 2.52 bits per heavy atom. The molecule has 0 unspecified atom stereocenters. The minimum atomic E-state index is -0.208. The van der Waals surface area contributed by atoms with Crippen LogP contribution in [0.3, 0.4) is 0 Å². The molecule has 3 aromatic carbocycles. The fourth-order valence-electron chi connectivity index (χ4n) is 3.75. The number of fused-ring (bicyclic) bond motifs is 1. The van der Waals surface area contributed by atoms with Crippen molar-refractivity contribution in [2.24, 2.45) is 0 Å². The molecule has 152 valence electrons. The summed E-state index contributed by atoms with van der Waals surface area (Å²) in [5.41, 5.74) is 6.72. The van der Waals surface area contributed by atoms with Crippen LogP contribution in [-0.2, 0) is 0 Å². The number of para-hydroxylation sites is 4. The van der Waals surface area contributed by atoms with Crippen LogP contribution in [0.25, 0.3) is 28.1 Å². The Hall–Kier alpha value is -4.19. The molecule has 5 rings (SSSR count). The normalized spacial score (nSPS) is 11.0. The van der Waals surface area contributed by atoms with Gasteiger partial charge in [-0.1, -0.05) is 42.5 Å². The van der Waals surface area contributed by atoms with E-state index in [0.29, 0.717) is 17.1 Å². The monoisotopic (exact) mass is 407 g/mol. The maximum Gasteiger partial charge on any atom is 0.259 e. The number of nitrogens with zero attached hydrogens (tertiary/aromatic N) is 3. The Labute approximate surface area is 179 Å². The molecule has 0 saturated carbocycles. The van der Waals surface area contributed by atoms with Crippen molar-refractivity contribution in [3.05, 3.63) is 95.8 Å². The van der Waals surface area contributed by atoms with E-state index in [0.717, 1.165) is 33.5 Å². The number of carbonyl (C=O) groups is 1. The minimum Gasteiger partial charge on any atom is -0.338 e. The largest absolute Gasteiger partial charge is 0.338 e. The van der Waals surface area contributed by atoms with Crippen molar-refractivity contribution in [2.75, 3.05) is 5.32 Å². The van der Waals surface area contributed by atoms with E-state index in [2.05, 4.69) is 20.4 Å². The van der Waals surface area contributed by atoms with Gasteiger partial charge >= 0.3 is 0 Å². The number of hydrogen-bond acceptors (Lipinski definition) is 3. The van der Waals surface area contributed by atoms with E-state index in [-0.39, 0.29) is 5.91 Å². The predicted molar refractivity (Wildman–Crippen MR) is 123 cm³/mol. The lowest BCUT2D eigenvalue weighted by molar-refractivity contribution is 0.102. The molecule has 0 aliphatic heterocycles. The first-order chi connectivity index (χ1) is 15.1. The first-order valence-electron chi connectivity index (χ1n) is 10.1. The van der Waals surface area contributed by atoms with E-state index in [4.69, 9.17) is 0 Å². The molecule has 5 aromatic rings. The zero-order valence-corrected chi connectivity index (χ0v) is 17.3. The van der Waals surface area contributed by atoms with Crippen LogP contribution in [0.1, 0.15) is 21.6 Å². The molecule has 0 spiro atoms. The van der Waals surface area contributed by atoms with Crippen molar-refractivity contribution in [1.29, 1.82) is 0 Å². The van der Waals surface area contributed by atoms with Crippen LogP contribution in [0.5, 0.6) is 0 Å². The third kappa shape index (κ3) is 3.38. The highest BCUT2D eigenvalue weighted by Gasteiger charge is 2.18. The second-order valence-electron chi connectivity index (χ2n) is 7.44. The molecule has 0 bridgehead atoms. The van der Waals surface area contributed by atoms with Gasteiger partial charge in [0, 0.05) is 5.56 Å². The van der Waals surface area contributed by atoms with Gasteiger partial charge in [-0.15, -0.1) is 0 Å².